The molecule has 2 rings (SSSR count). The molecule has 0 bridgehead atoms. The quantitative estimate of drug-likeness (QED) is 0.514. The van der Waals surface area contributed by atoms with Gasteiger partial charge in [0, 0.05) is 30.8 Å². The van der Waals surface area contributed by atoms with Gasteiger partial charge in [0.15, 0.2) is 0 Å². The van der Waals surface area contributed by atoms with E-state index in [4.69, 9.17) is 0 Å². The zero-order chi connectivity index (χ0) is 13.7. The van der Waals surface area contributed by atoms with Crippen molar-refractivity contribution in [2.45, 2.75) is 31.8 Å². The summed E-state index contributed by atoms with van der Waals surface area (Å²) in [5.41, 5.74) is 0.927. The molecule has 0 spiro atoms. The molecule has 0 radical (unpaired) electrons. The van der Waals surface area contributed by atoms with Gasteiger partial charge in [-0.1, -0.05) is 12.8 Å². The number of aliphatic hydroxyl groups excluding tert-OH is 1. The van der Waals surface area contributed by atoms with Crippen LogP contribution in [0.5, 0.6) is 0 Å². The molecule has 5 heteroatoms. The highest BCUT2D eigenvalue weighted by Gasteiger charge is 2.21. The molecule has 0 aliphatic heterocycles. The van der Waals surface area contributed by atoms with Crippen molar-refractivity contribution in [1.29, 1.82) is 0 Å². The van der Waals surface area contributed by atoms with E-state index < -0.39 is 4.92 Å². The molecule has 19 heavy (non-hydrogen) atoms. The van der Waals surface area contributed by atoms with Crippen LogP contribution in [0.25, 0.3) is 0 Å². The minimum atomic E-state index is -0.417. The van der Waals surface area contributed by atoms with Crippen LogP contribution >= 0.6 is 0 Å². The maximum absolute atomic E-state index is 10.5. The number of benzene rings is 1. The van der Waals surface area contributed by atoms with E-state index in [9.17, 15) is 15.2 Å². The highest BCUT2D eigenvalue weighted by Crippen LogP contribution is 2.24. The Morgan fingerprint density at radius 1 is 1.32 bits per heavy atom. The molecular weight excluding hydrogens is 244 g/mol. The van der Waals surface area contributed by atoms with Crippen LogP contribution in [-0.2, 0) is 0 Å². The van der Waals surface area contributed by atoms with Crippen LogP contribution < -0.4 is 0 Å². The largest absolute Gasteiger partial charge is 0.393 e. The lowest BCUT2D eigenvalue weighted by Gasteiger charge is -2.25. The fraction of sp³-hybridized carbons (Fsp3) is 0.500. The lowest BCUT2D eigenvalue weighted by Crippen LogP contribution is -2.26. The number of aliphatic imine (C=N–C) groups is 1. The van der Waals surface area contributed by atoms with E-state index in [0.717, 1.165) is 31.2 Å². The van der Waals surface area contributed by atoms with Gasteiger partial charge >= 0.3 is 0 Å². The number of non-ortho nitro benzene ring substituents is 1. The highest BCUT2D eigenvalue weighted by atomic mass is 16.6. The Balaban J connectivity index is 1.89. The lowest BCUT2D eigenvalue weighted by molar-refractivity contribution is -0.384. The third-order valence-corrected chi connectivity index (χ3v) is 3.55. The van der Waals surface area contributed by atoms with Crippen molar-refractivity contribution >= 4 is 11.9 Å². The topological polar surface area (TPSA) is 75.7 Å². The summed E-state index contributed by atoms with van der Waals surface area (Å²) in [5.74, 6) is 0.253. The molecule has 1 aromatic rings. The van der Waals surface area contributed by atoms with E-state index in [0.29, 0.717) is 6.54 Å². The van der Waals surface area contributed by atoms with Gasteiger partial charge in [-0.3, -0.25) is 15.1 Å². The third kappa shape index (κ3) is 3.86. The Kier molecular flexibility index (Phi) is 4.63. The maximum Gasteiger partial charge on any atom is 0.269 e. The smallest absolute Gasteiger partial charge is 0.269 e. The molecule has 1 aromatic carbocycles. The standard InChI is InChI=1S/C14H18N2O3/c17-14-4-2-1-3-12(14)10-15-9-11-5-7-13(8-6-11)16(18)19/h5-9,12,14,17H,1-4,10H2/t12-,14+/m1/s1. The first-order valence-corrected chi connectivity index (χ1v) is 6.59. The molecule has 102 valence electrons. The first-order valence-electron chi connectivity index (χ1n) is 6.59. The minimum Gasteiger partial charge on any atom is -0.393 e. The van der Waals surface area contributed by atoms with Gasteiger partial charge in [-0.2, -0.15) is 0 Å². The second-order valence-electron chi connectivity index (χ2n) is 4.95. The Hall–Kier alpha value is -1.75. The van der Waals surface area contributed by atoms with Gasteiger partial charge in [0.1, 0.15) is 0 Å². The second-order valence-corrected chi connectivity index (χ2v) is 4.95. The van der Waals surface area contributed by atoms with Crippen molar-refractivity contribution in [1.82, 2.24) is 0 Å². The van der Waals surface area contributed by atoms with Gasteiger partial charge in [0.2, 0.25) is 0 Å². The van der Waals surface area contributed by atoms with Crippen LogP contribution in [0.3, 0.4) is 0 Å². The Morgan fingerprint density at radius 3 is 2.63 bits per heavy atom. The van der Waals surface area contributed by atoms with Crippen molar-refractivity contribution in [3.05, 3.63) is 39.9 Å². The van der Waals surface area contributed by atoms with E-state index in [1.165, 1.54) is 12.1 Å². The molecular formula is C14H18N2O3. The second kappa shape index (κ2) is 6.43. The normalized spacial score (nSPS) is 23.6. The molecule has 0 amide bonds. The molecule has 0 heterocycles. The van der Waals surface area contributed by atoms with Gasteiger partial charge in [-0.05, 0) is 30.5 Å². The summed E-state index contributed by atoms with van der Waals surface area (Å²) in [6, 6.07) is 6.30. The van der Waals surface area contributed by atoms with Crippen molar-refractivity contribution < 1.29 is 10.0 Å². The SMILES string of the molecule is O=[N+]([O-])c1ccc(C=NC[C@H]2CCCC[C@@H]2O)cc1. The molecule has 0 unspecified atom stereocenters. The molecule has 0 aromatic heterocycles. The predicted octanol–water partition coefficient (Wildman–Crippen LogP) is 2.56. The zero-order valence-electron chi connectivity index (χ0n) is 10.7. The number of hydrogen-bond acceptors (Lipinski definition) is 4. The van der Waals surface area contributed by atoms with Crippen molar-refractivity contribution in [2.75, 3.05) is 6.54 Å². The zero-order valence-corrected chi connectivity index (χ0v) is 10.7. The van der Waals surface area contributed by atoms with Crippen LogP contribution in [-0.4, -0.2) is 28.9 Å². The highest BCUT2D eigenvalue weighted by molar-refractivity contribution is 5.79. The Labute approximate surface area is 112 Å². The number of hydrogen-bond donors (Lipinski definition) is 1. The van der Waals surface area contributed by atoms with Gasteiger partial charge < -0.3 is 5.11 Å². The monoisotopic (exact) mass is 262 g/mol. The third-order valence-electron chi connectivity index (χ3n) is 3.55. The molecule has 1 aliphatic rings. The summed E-state index contributed by atoms with van der Waals surface area (Å²) in [5, 5.41) is 20.3. The number of nitro benzene ring substituents is 1. The Morgan fingerprint density at radius 2 is 2.00 bits per heavy atom. The lowest BCUT2D eigenvalue weighted by atomic mass is 9.87. The van der Waals surface area contributed by atoms with Crippen LogP contribution in [0, 0.1) is 16.0 Å². The van der Waals surface area contributed by atoms with Crippen LogP contribution in [0.4, 0.5) is 5.69 Å². The molecule has 1 N–H and O–H groups in total. The summed E-state index contributed by atoms with van der Waals surface area (Å²) in [7, 11) is 0. The summed E-state index contributed by atoms with van der Waals surface area (Å²) >= 11 is 0. The van der Waals surface area contributed by atoms with E-state index in [-0.39, 0.29) is 17.7 Å². The van der Waals surface area contributed by atoms with Crippen LogP contribution in [0.15, 0.2) is 29.3 Å². The van der Waals surface area contributed by atoms with Crippen LogP contribution in [0.2, 0.25) is 0 Å². The molecule has 1 aliphatic carbocycles. The van der Waals surface area contributed by atoms with Crippen molar-refractivity contribution in [3.63, 3.8) is 0 Å². The summed E-state index contributed by atoms with van der Waals surface area (Å²) in [4.78, 5) is 14.4. The molecule has 2 atom stereocenters. The summed E-state index contributed by atoms with van der Waals surface area (Å²) in [6.07, 6.45) is 5.64. The summed E-state index contributed by atoms with van der Waals surface area (Å²) in [6.45, 7) is 0.623. The van der Waals surface area contributed by atoms with E-state index in [1.807, 2.05) is 0 Å². The van der Waals surface area contributed by atoms with Crippen LogP contribution in [0.1, 0.15) is 31.2 Å². The van der Waals surface area contributed by atoms with Gasteiger partial charge in [0.05, 0.1) is 11.0 Å². The Bertz CT molecular complexity index is 456. The summed E-state index contributed by atoms with van der Waals surface area (Å²) < 4.78 is 0. The molecule has 5 nitrogen and oxygen atoms in total. The molecule has 1 fully saturated rings. The number of rotatable bonds is 4. The number of nitro groups is 1. The van der Waals surface area contributed by atoms with Crippen molar-refractivity contribution in [2.24, 2.45) is 10.9 Å². The van der Waals surface area contributed by atoms with Crippen molar-refractivity contribution in [3.8, 4) is 0 Å². The first-order chi connectivity index (χ1) is 9.16. The van der Waals surface area contributed by atoms with Gasteiger partial charge in [0.25, 0.3) is 5.69 Å². The number of nitrogens with zero attached hydrogens (tertiary/aromatic N) is 2. The minimum absolute atomic E-state index is 0.0832. The fourth-order valence-corrected chi connectivity index (χ4v) is 2.38. The van der Waals surface area contributed by atoms with E-state index in [1.54, 1.807) is 18.3 Å². The fourth-order valence-electron chi connectivity index (χ4n) is 2.38. The van der Waals surface area contributed by atoms with E-state index in [2.05, 4.69) is 4.99 Å². The number of aliphatic hydroxyl groups is 1. The average molecular weight is 262 g/mol. The average Bonchev–Trinajstić information content (AvgIpc) is 2.41. The van der Waals surface area contributed by atoms with Gasteiger partial charge in [-0.25, -0.2) is 0 Å². The predicted molar refractivity (Wildman–Crippen MR) is 73.5 cm³/mol. The molecule has 1 saturated carbocycles. The first kappa shape index (κ1) is 13.7. The van der Waals surface area contributed by atoms with E-state index >= 15 is 0 Å². The molecule has 0 saturated heterocycles. The van der Waals surface area contributed by atoms with Gasteiger partial charge in [-0.15, -0.1) is 0 Å². The maximum atomic E-state index is 10.5.